The normalized spacial score (nSPS) is 18.7. The molecule has 2 aliphatic carbocycles. The number of nitrogens with one attached hydrogen (secondary N) is 3. The number of unbranched alkanes of at least 4 members (excludes halogenated alkanes) is 2. The van der Waals surface area contributed by atoms with E-state index in [2.05, 4.69) is 16.0 Å². The molecule has 0 spiro atoms. The number of esters is 1. The largest absolute Gasteiger partial charge is 0.458 e. The molecule has 4 atom stereocenters. The lowest BCUT2D eigenvalue weighted by molar-refractivity contribution is -0.172. The number of carbonyl (C=O) groups excluding carboxylic acids is 9. The first kappa shape index (κ1) is 55.2. The number of cyclic esters (lactones) is 1. The number of pyridine rings is 2. The summed E-state index contributed by atoms with van der Waals surface area (Å²) in [6, 6.07) is 11.0. The van der Waals surface area contributed by atoms with Crippen LogP contribution in [0.3, 0.4) is 0 Å². The number of fused-ring (bicyclic) bond motifs is 5. The molecule has 3 aliphatic heterocycles. The molecule has 5 heterocycles. The molecule has 78 heavy (non-hydrogen) atoms. The van der Waals surface area contributed by atoms with E-state index in [4.69, 9.17) is 14.5 Å². The molecule has 0 radical (unpaired) electrons. The molecule has 2 aromatic carbocycles. The summed E-state index contributed by atoms with van der Waals surface area (Å²) in [4.78, 5) is 136. The molecule has 0 bridgehead atoms. The summed E-state index contributed by atoms with van der Waals surface area (Å²) >= 11 is 0. The average Bonchev–Trinajstić information content (AvgIpc) is 4.32. The van der Waals surface area contributed by atoms with Gasteiger partial charge in [-0.15, -0.1) is 0 Å². The van der Waals surface area contributed by atoms with Crippen molar-refractivity contribution in [1.29, 1.82) is 0 Å². The van der Waals surface area contributed by atoms with Crippen molar-refractivity contribution in [1.82, 2.24) is 30.4 Å². The van der Waals surface area contributed by atoms with Crippen LogP contribution in [-0.4, -0.2) is 104 Å². The van der Waals surface area contributed by atoms with E-state index in [0.29, 0.717) is 60.1 Å². The molecule has 4 N–H and O–H groups in total. The van der Waals surface area contributed by atoms with Crippen molar-refractivity contribution in [2.24, 2.45) is 5.92 Å². The second-order valence-corrected chi connectivity index (χ2v) is 21.0. The highest BCUT2D eigenvalue weighted by molar-refractivity contribution is 6.12. The molecule has 410 valence electrons. The molecule has 1 fully saturated rings. The molecule has 20 heteroatoms. The smallest absolute Gasteiger partial charge is 0.343 e. The van der Waals surface area contributed by atoms with Crippen LogP contribution >= 0.6 is 0 Å². The van der Waals surface area contributed by atoms with E-state index in [1.54, 1.807) is 44.2 Å². The summed E-state index contributed by atoms with van der Waals surface area (Å²) in [5, 5.41) is 20.1. The van der Waals surface area contributed by atoms with Crippen LogP contribution in [0.15, 0.2) is 59.4 Å². The number of aromatic nitrogens is 2. The number of benzene rings is 2. The fourth-order valence-corrected chi connectivity index (χ4v) is 11.2. The van der Waals surface area contributed by atoms with E-state index in [1.807, 2.05) is 6.07 Å². The van der Waals surface area contributed by atoms with Crippen LogP contribution < -0.4 is 21.5 Å². The Labute approximate surface area is 448 Å². The highest BCUT2D eigenvalue weighted by atomic mass is 19.1. The second-order valence-electron chi connectivity index (χ2n) is 21.0. The van der Waals surface area contributed by atoms with Crippen molar-refractivity contribution < 1.29 is 62.1 Å². The standard InChI is InChI=1S/C58H63FN6O13/c1-3-58(76)40-26-44-54-38(29-65(44)56(74)39(40)30-77-57(58)75)52-35(15-17-37-32(2)41(59)27-43(63-54)53(37)52)25-46(68)55(34-13-14-34)78-31-61-48(70)20-18-45(67)42(24-33-10-6-4-7-11-33)62-49(71)19-16-36(66)28-60-47(69)12-8-5-9-23-64-50(72)21-22-51(64)73/h4,6-7,10-11,21-22,26-27,34-35,42,55,76H,3,5,8-9,12-20,23-25,28-31H2,1-2H3,(H,60,69)(H,61,70)(H,62,71)/t35-,42+,55-,58+/m1/s1. The van der Waals surface area contributed by atoms with Gasteiger partial charge in [-0.3, -0.25) is 48.1 Å². The van der Waals surface area contributed by atoms with Gasteiger partial charge in [0.1, 0.15) is 25.3 Å². The van der Waals surface area contributed by atoms with Crippen molar-refractivity contribution in [3.8, 4) is 11.4 Å². The highest BCUT2D eigenvalue weighted by Gasteiger charge is 2.46. The van der Waals surface area contributed by atoms with Crippen molar-refractivity contribution >= 4 is 63.8 Å². The van der Waals surface area contributed by atoms with Crippen LogP contribution in [0.1, 0.15) is 135 Å². The minimum Gasteiger partial charge on any atom is -0.458 e. The van der Waals surface area contributed by atoms with Gasteiger partial charge >= 0.3 is 5.97 Å². The number of imide groups is 1. The molecule has 9 rings (SSSR count). The quantitative estimate of drug-likeness (QED) is 0.0259. The Kier molecular flexibility index (Phi) is 16.7. The van der Waals surface area contributed by atoms with Gasteiger partial charge in [0.2, 0.25) is 17.7 Å². The molecule has 2 aromatic heterocycles. The Morgan fingerprint density at radius 2 is 1.59 bits per heavy atom. The first-order chi connectivity index (χ1) is 37.4. The number of hydrogen-bond acceptors (Lipinski definition) is 14. The first-order valence-electron chi connectivity index (χ1n) is 26.9. The molecule has 5 aliphatic rings. The first-order valence-corrected chi connectivity index (χ1v) is 26.9. The molecule has 5 amide bonds. The minimum atomic E-state index is -2.04. The maximum absolute atomic E-state index is 15.5. The van der Waals surface area contributed by atoms with E-state index in [9.17, 15) is 53.1 Å². The summed E-state index contributed by atoms with van der Waals surface area (Å²) in [6.07, 6.45) is 5.09. The van der Waals surface area contributed by atoms with Gasteiger partial charge in [0.05, 0.1) is 41.6 Å². The SMILES string of the molecule is CC[C@@]1(O)C(=O)OCc2c1cc1n(c2=O)Cc2c-1nc1cc(F)c(C)c3c1c2[C@@H](CC(=O)[C@H](OCNC(=O)CCC(=O)[C@H](Cc1ccccc1)NC(=O)CCC(=O)CNC(=O)CCCCCN1C(=O)C=CC1=O)C1CC1)CC3. The van der Waals surface area contributed by atoms with Crippen LogP contribution in [0.4, 0.5) is 4.39 Å². The average molecular weight is 1070 g/mol. The molecule has 1 saturated carbocycles. The van der Waals surface area contributed by atoms with E-state index >= 15 is 4.39 Å². The lowest BCUT2D eigenvalue weighted by Gasteiger charge is -2.31. The zero-order valence-electron chi connectivity index (χ0n) is 43.7. The van der Waals surface area contributed by atoms with E-state index < -0.39 is 52.7 Å². The Hall–Kier alpha value is -7.58. The van der Waals surface area contributed by atoms with Gasteiger partial charge in [0.15, 0.2) is 23.0 Å². The number of ketones is 3. The minimum absolute atomic E-state index is 0.0333. The molecule has 0 unspecified atom stereocenters. The number of rotatable bonds is 26. The predicted molar refractivity (Wildman–Crippen MR) is 278 cm³/mol. The molecule has 19 nitrogen and oxygen atoms in total. The van der Waals surface area contributed by atoms with Gasteiger partial charge in [-0.25, -0.2) is 14.2 Å². The van der Waals surface area contributed by atoms with Crippen LogP contribution in [-0.2, 0) is 84.2 Å². The van der Waals surface area contributed by atoms with Gasteiger partial charge in [-0.2, -0.15) is 0 Å². The lowest BCUT2D eigenvalue weighted by atomic mass is 9.76. The van der Waals surface area contributed by atoms with Crippen molar-refractivity contribution in [3.63, 3.8) is 0 Å². The number of halogens is 1. The van der Waals surface area contributed by atoms with Crippen LogP contribution in [0.25, 0.3) is 22.3 Å². The summed E-state index contributed by atoms with van der Waals surface area (Å²) in [5.41, 5.74) is 2.53. The zero-order valence-corrected chi connectivity index (χ0v) is 43.7. The number of aryl methyl sites for hydroxylation is 1. The zero-order chi connectivity index (χ0) is 55.4. The fraction of sp³-hybridized carbons (Fsp3) is 0.466. The summed E-state index contributed by atoms with van der Waals surface area (Å²) in [6.45, 7) is 2.82. The third kappa shape index (κ3) is 11.8. The Balaban J connectivity index is 0.777. The van der Waals surface area contributed by atoms with Gasteiger partial charge < -0.3 is 35.1 Å². The maximum Gasteiger partial charge on any atom is 0.343 e. The van der Waals surface area contributed by atoms with E-state index in [-0.39, 0.29) is 137 Å². The van der Waals surface area contributed by atoms with Crippen molar-refractivity contribution in [2.75, 3.05) is 19.8 Å². The fourth-order valence-electron chi connectivity index (χ4n) is 11.2. The van der Waals surface area contributed by atoms with Crippen molar-refractivity contribution in [3.05, 3.63) is 110 Å². The van der Waals surface area contributed by atoms with Crippen LogP contribution in [0.5, 0.6) is 0 Å². The Morgan fingerprint density at radius 3 is 2.32 bits per heavy atom. The number of Topliss-reactive ketones (excluding diaryl/α,β-unsaturated/α-hetero) is 3. The second kappa shape index (κ2) is 23.6. The number of aliphatic hydroxyl groups is 1. The van der Waals surface area contributed by atoms with E-state index in [1.165, 1.54) is 22.8 Å². The van der Waals surface area contributed by atoms with Crippen LogP contribution in [0, 0.1) is 18.7 Å². The maximum atomic E-state index is 15.5. The van der Waals surface area contributed by atoms with Gasteiger partial charge in [-0.05, 0) is 98.4 Å². The topological polar surface area (TPSA) is 267 Å². The predicted octanol–water partition coefficient (Wildman–Crippen LogP) is 4.41. The Bertz CT molecular complexity index is 3200. The molecular formula is C58H63FN6O13. The lowest BCUT2D eigenvalue weighted by Crippen LogP contribution is -2.44. The van der Waals surface area contributed by atoms with Gasteiger partial charge in [0.25, 0.3) is 17.4 Å². The van der Waals surface area contributed by atoms with E-state index in [0.717, 1.165) is 39.8 Å². The monoisotopic (exact) mass is 1070 g/mol. The summed E-state index contributed by atoms with van der Waals surface area (Å²) < 4.78 is 28.4. The number of hydrogen-bond donors (Lipinski definition) is 4. The third-order valence-corrected chi connectivity index (χ3v) is 15.7. The van der Waals surface area contributed by atoms with Gasteiger partial charge in [0, 0.05) is 79.8 Å². The number of carbonyl (C=O) groups is 9. The molecule has 0 saturated heterocycles. The number of ether oxygens (including phenoxy) is 2. The van der Waals surface area contributed by atoms with Crippen LogP contribution in [0.2, 0.25) is 0 Å². The molecular weight excluding hydrogens is 1010 g/mol. The van der Waals surface area contributed by atoms with Gasteiger partial charge in [-0.1, -0.05) is 43.7 Å². The molecule has 4 aromatic rings. The highest BCUT2D eigenvalue weighted by Crippen LogP contribution is 2.48. The number of amides is 5. The summed E-state index contributed by atoms with van der Waals surface area (Å²) in [5.74, 6) is -4.83. The third-order valence-electron chi connectivity index (χ3n) is 15.7. The summed E-state index contributed by atoms with van der Waals surface area (Å²) in [7, 11) is 0. The van der Waals surface area contributed by atoms with Crippen molar-refractivity contribution in [2.45, 2.75) is 147 Å². The number of nitrogens with zero attached hydrogens (tertiary/aromatic N) is 3. The Morgan fingerprint density at radius 1 is 0.859 bits per heavy atom.